The van der Waals surface area contributed by atoms with Crippen molar-refractivity contribution in [3.63, 3.8) is 0 Å². The number of carbonyl (C=O) groups excluding carboxylic acids is 1. The molecule has 1 aliphatic rings. The van der Waals surface area contributed by atoms with Gasteiger partial charge in [0.2, 0.25) is 0 Å². The fourth-order valence-electron chi connectivity index (χ4n) is 2.94. The number of hydrogen-bond donors (Lipinski definition) is 1. The van der Waals surface area contributed by atoms with Crippen LogP contribution in [0.25, 0.3) is 0 Å². The van der Waals surface area contributed by atoms with Crippen LogP contribution in [0.3, 0.4) is 0 Å². The van der Waals surface area contributed by atoms with E-state index in [1.165, 1.54) is 4.88 Å². The van der Waals surface area contributed by atoms with Crippen LogP contribution in [0.15, 0.2) is 47.8 Å². The molecule has 2 amide bonds. The van der Waals surface area contributed by atoms with Gasteiger partial charge in [0.1, 0.15) is 0 Å². The first-order valence-corrected chi connectivity index (χ1v) is 8.78. The maximum absolute atomic E-state index is 12.2. The summed E-state index contributed by atoms with van der Waals surface area (Å²) in [5.41, 5.74) is 1.14. The van der Waals surface area contributed by atoms with Gasteiger partial charge < -0.3 is 10.2 Å². The van der Waals surface area contributed by atoms with Crippen molar-refractivity contribution in [2.24, 2.45) is 5.92 Å². The predicted molar refractivity (Wildman–Crippen MR) is 91.0 cm³/mol. The van der Waals surface area contributed by atoms with Crippen LogP contribution >= 0.6 is 11.3 Å². The lowest BCUT2D eigenvalue weighted by atomic mass is 9.93. The molecule has 0 spiro atoms. The third kappa shape index (κ3) is 4.10. The quantitative estimate of drug-likeness (QED) is 0.911. The second-order valence-corrected chi connectivity index (χ2v) is 6.89. The van der Waals surface area contributed by atoms with E-state index in [1.807, 2.05) is 46.6 Å². The minimum atomic E-state index is 0.0680. The van der Waals surface area contributed by atoms with Crippen LogP contribution in [0.2, 0.25) is 0 Å². The van der Waals surface area contributed by atoms with Crippen LogP contribution in [0.1, 0.15) is 23.3 Å². The van der Waals surface area contributed by atoms with Crippen LogP contribution in [-0.4, -0.2) is 24.0 Å². The second-order valence-electron chi connectivity index (χ2n) is 5.86. The molecule has 116 valence electrons. The number of carbonyl (C=O) groups is 1. The largest absolute Gasteiger partial charge is 0.334 e. The van der Waals surface area contributed by atoms with Crippen LogP contribution < -0.4 is 5.32 Å². The van der Waals surface area contributed by atoms with Gasteiger partial charge in [-0.05, 0) is 42.2 Å². The molecule has 4 heteroatoms. The summed E-state index contributed by atoms with van der Waals surface area (Å²) >= 11 is 1.84. The maximum atomic E-state index is 12.2. The highest BCUT2D eigenvalue weighted by molar-refractivity contribution is 7.09. The third-order valence-electron chi connectivity index (χ3n) is 4.26. The van der Waals surface area contributed by atoms with Gasteiger partial charge in [0, 0.05) is 24.5 Å². The van der Waals surface area contributed by atoms with E-state index in [0.717, 1.165) is 43.8 Å². The minimum Gasteiger partial charge on any atom is -0.334 e. The lowest BCUT2D eigenvalue weighted by Gasteiger charge is -2.32. The van der Waals surface area contributed by atoms with E-state index in [-0.39, 0.29) is 6.03 Å². The summed E-state index contributed by atoms with van der Waals surface area (Å²) in [5, 5.41) is 5.16. The van der Waals surface area contributed by atoms with Crippen LogP contribution in [-0.2, 0) is 13.0 Å². The predicted octanol–water partition coefficient (Wildman–Crippen LogP) is 3.91. The van der Waals surface area contributed by atoms with Crippen molar-refractivity contribution < 1.29 is 4.79 Å². The average molecular weight is 314 g/mol. The van der Waals surface area contributed by atoms with Gasteiger partial charge in [-0.1, -0.05) is 36.4 Å². The number of rotatable bonds is 4. The fourth-order valence-corrected chi connectivity index (χ4v) is 3.76. The molecule has 0 atom stereocenters. The molecule has 1 aliphatic heterocycles. The Morgan fingerprint density at radius 1 is 1.14 bits per heavy atom. The van der Waals surface area contributed by atoms with Crippen molar-refractivity contribution in [3.8, 4) is 0 Å². The Bertz CT molecular complexity index is 574. The van der Waals surface area contributed by atoms with Gasteiger partial charge in [-0.15, -0.1) is 11.3 Å². The molecule has 1 N–H and O–H groups in total. The number of amides is 2. The van der Waals surface area contributed by atoms with Crippen molar-refractivity contribution in [3.05, 3.63) is 58.3 Å². The van der Waals surface area contributed by atoms with Gasteiger partial charge in [-0.25, -0.2) is 4.79 Å². The van der Waals surface area contributed by atoms with E-state index in [1.54, 1.807) is 0 Å². The number of thiophene rings is 1. The Hall–Kier alpha value is -1.81. The van der Waals surface area contributed by atoms with Crippen LogP contribution in [0, 0.1) is 5.92 Å². The minimum absolute atomic E-state index is 0.0680. The summed E-state index contributed by atoms with van der Waals surface area (Å²) in [7, 11) is 0. The summed E-state index contributed by atoms with van der Waals surface area (Å²) in [5.74, 6) is 0.719. The zero-order valence-electron chi connectivity index (χ0n) is 12.7. The third-order valence-corrected chi connectivity index (χ3v) is 5.16. The summed E-state index contributed by atoms with van der Waals surface area (Å²) < 4.78 is 0. The molecule has 0 aliphatic carbocycles. The molecule has 3 rings (SSSR count). The topological polar surface area (TPSA) is 32.3 Å². The molecule has 0 unspecified atom stereocenters. The van der Waals surface area contributed by atoms with Gasteiger partial charge in [0.05, 0.1) is 0 Å². The molecule has 2 aromatic rings. The fraction of sp³-hybridized carbons (Fsp3) is 0.389. The summed E-state index contributed by atoms with van der Waals surface area (Å²) in [4.78, 5) is 15.6. The lowest BCUT2D eigenvalue weighted by Crippen LogP contribution is -2.44. The van der Waals surface area contributed by atoms with Gasteiger partial charge in [-0.2, -0.15) is 0 Å². The summed E-state index contributed by atoms with van der Waals surface area (Å²) in [6.07, 6.45) is 3.38. The van der Waals surface area contributed by atoms with Gasteiger partial charge >= 0.3 is 6.03 Å². The zero-order valence-corrected chi connectivity index (χ0v) is 13.5. The Morgan fingerprint density at radius 3 is 2.59 bits per heavy atom. The molecule has 1 fully saturated rings. The number of benzene rings is 1. The maximum Gasteiger partial charge on any atom is 0.317 e. The second kappa shape index (κ2) is 7.45. The van der Waals surface area contributed by atoms with Crippen molar-refractivity contribution in [2.75, 3.05) is 13.1 Å². The average Bonchev–Trinajstić information content (AvgIpc) is 3.07. The number of urea groups is 1. The SMILES string of the molecule is O=C(NCc1ccccc1)N1CCC(Cc2cccs2)CC1. The Morgan fingerprint density at radius 2 is 1.91 bits per heavy atom. The molecule has 1 aromatic carbocycles. The summed E-state index contributed by atoms with van der Waals surface area (Å²) in [6.45, 7) is 2.35. The van der Waals surface area contributed by atoms with Crippen molar-refractivity contribution >= 4 is 17.4 Å². The van der Waals surface area contributed by atoms with Crippen LogP contribution in [0.5, 0.6) is 0 Å². The molecule has 1 aromatic heterocycles. The van der Waals surface area contributed by atoms with Gasteiger partial charge in [-0.3, -0.25) is 0 Å². The summed E-state index contributed by atoms with van der Waals surface area (Å²) in [6, 6.07) is 14.5. The Kier molecular flexibility index (Phi) is 5.11. The molecule has 0 radical (unpaired) electrons. The first-order valence-electron chi connectivity index (χ1n) is 7.90. The molecule has 2 heterocycles. The Balaban J connectivity index is 1.42. The van der Waals surface area contributed by atoms with E-state index in [4.69, 9.17) is 0 Å². The van der Waals surface area contributed by atoms with Crippen molar-refractivity contribution in [1.29, 1.82) is 0 Å². The van der Waals surface area contributed by atoms with Gasteiger partial charge in [0.25, 0.3) is 0 Å². The van der Waals surface area contributed by atoms with E-state index in [2.05, 4.69) is 22.8 Å². The smallest absolute Gasteiger partial charge is 0.317 e. The number of piperidine rings is 1. The Labute approximate surface area is 136 Å². The standard InChI is InChI=1S/C18H22N2OS/c21-18(19-14-16-5-2-1-3-6-16)20-10-8-15(9-11-20)13-17-7-4-12-22-17/h1-7,12,15H,8-11,13-14H2,(H,19,21). The van der Waals surface area contributed by atoms with E-state index < -0.39 is 0 Å². The van der Waals surface area contributed by atoms with E-state index in [0.29, 0.717) is 6.54 Å². The highest BCUT2D eigenvalue weighted by Gasteiger charge is 2.22. The number of hydrogen-bond acceptors (Lipinski definition) is 2. The molecular weight excluding hydrogens is 292 g/mol. The van der Waals surface area contributed by atoms with Crippen LogP contribution in [0.4, 0.5) is 4.79 Å². The van der Waals surface area contributed by atoms with E-state index >= 15 is 0 Å². The highest BCUT2D eigenvalue weighted by atomic mass is 32.1. The van der Waals surface area contributed by atoms with Gasteiger partial charge in [0.15, 0.2) is 0 Å². The monoisotopic (exact) mass is 314 g/mol. The molecule has 0 bridgehead atoms. The molecule has 22 heavy (non-hydrogen) atoms. The number of nitrogens with zero attached hydrogens (tertiary/aromatic N) is 1. The number of likely N-dealkylation sites (tertiary alicyclic amines) is 1. The molecule has 1 saturated heterocycles. The van der Waals surface area contributed by atoms with E-state index in [9.17, 15) is 4.79 Å². The molecule has 0 saturated carbocycles. The molecule has 3 nitrogen and oxygen atoms in total. The van der Waals surface area contributed by atoms with Crippen molar-refractivity contribution in [1.82, 2.24) is 10.2 Å². The highest BCUT2D eigenvalue weighted by Crippen LogP contribution is 2.23. The lowest BCUT2D eigenvalue weighted by molar-refractivity contribution is 0.170. The first kappa shape index (κ1) is 15.1. The number of nitrogens with one attached hydrogen (secondary N) is 1. The normalized spacial score (nSPS) is 15.7. The van der Waals surface area contributed by atoms with Crippen molar-refractivity contribution in [2.45, 2.75) is 25.8 Å². The molecular formula is C18H22N2OS. The zero-order chi connectivity index (χ0) is 15.2. The first-order chi connectivity index (χ1) is 10.8.